The molecule has 1 fully saturated rings. The standard InChI is InChI=1S/C19H24N4O2S/c1-14(2)16-12-17(24)21-19(20-16)26-13-18(25)23-10-8-22(9-11-23)15-6-4-3-5-7-15/h3-7,12,14H,8-11,13H2,1-2H3,(H,20,21,24). The van der Waals surface area contributed by atoms with Crippen molar-refractivity contribution in [1.82, 2.24) is 14.9 Å². The quantitative estimate of drug-likeness (QED) is 0.644. The van der Waals surface area contributed by atoms with Gasteiger partial charge >= 0.3 is 0 Å². The number of hydrogen-bond donors (Lipinski definition) is 1. The van der Waals surface area contributed by atoms with Crippen LogP contribution in [0.4, 0.5) is 5.69 Å². The van der Waals surface area contributed by atoms with Crippen LogP contribution in [-0.2, 0) is 4.79 Å². The summed E-state index contributed by atoms with van der Waals surface area (Å²) in [6.45, 7) is 7.08. The Kier molecular flexibility index (Phi) is 5.98. The second-order valence-electron chi connectivity index (χ2n) is 6.62. The van der Waals surface area contributed by atoms with Crippen molar-refractivity contribution in [2.24, 2.45) is 0 Å². The second kappa shape index (κ2) is 8.40. The topological polar surface area (TPSA) is 69.3 Å². The van der Waals surface area contributed by atoms with E-state index in [1.807, 2.05) is 36.9 Å². The van der Waals surface area contributed by atoms with Crippen molar-refractivity contribution < 1.29 is 4.79 Å². The number of benzene rings is 1. The molecule has 6 nitrogen and oxygen atoms in total. The van der Waals surface area contributed by atoms with Crippen LogP contribution in [0.3, 0.4) is 0 Å². The van der Waals surface area contributed by atoms with Gasteiger partial charge < -0.3 is 14.8 Å². The number of anilines is 1. The lowest BCUT2D eigenvalue weighted by Crippen LogP contribution is -2.49. The van der Waals surface area contributed by atoms with E-state index in [9.17, 15) is 9.59 Å². The first-order chi connectivity index (χ1) is 12.5. The third-order valence-corrected chi connectivity index (χ3v) is 5.28. The third-order valence-electron chi connectivity index (χ3n) is 4.42. The summed E-state index contributed by atoms with van der Waals surface area (Å²) < 4.78 is 0. The lowest BCUT2D eigenvalue weighted by atomic mass is 10.1. The monoisotopic (exact) mass is 372 g/mol. The maximum atomic E-state index is 12.5. The summed E-state index contributed by atoms with van der Waals surface area (Å²) in [5.41, 5.74) is 1.77. The predicted molar refractivity (Wildman–Crippen MR) is 105 cm³/mol. The van der Waals surface area contributed by atoms with Crippen LogP contribution in [-0.4, -0.2) is 52.7 Å². The molecule has 1 aliphatic rings. The van der Waals surface area contributed by atoms with E-state index in [2.05, 4.69) is 27.0 Å². The number of piperazine rings is 1. The minimum atomic E-state index is -0.171. The highest BCUT2D eigenvalue weighted by atomic mass is 32.2. The second-order valence-corrected chi connectivity index (χ2v) is 7.59. The Labute approximate surface area is 157 Å². The molecule has 7 heteroatoms. The molecule has 138 valence electrons. The number of nitrogens with one attached hydrogen (secondary N) is 1. The number of aromatic amines is 1. The van der Waals surface area contributed by atoms with Crippen LogP contribution in [0.25, 0.3) is 0 Å². The van der Waals surface area contributed by atoms with Gasteiger partial charge in [-0.05, 0) is 18.1 Å². The van der Waals surface area contributed by atoms with Gasteiger partial charge in [-0.3, -0.25) is 9.59 Å². The average molecular weight is 372 g/mol. The van der Waals surface area contributed by atoms with E-state index < -0.39 is 0 Å². The average Bonchev–Trinajstić information content (AvgIpc) is 2.66. The minimum absolute atomic E-state index is 0.0836. The zero-order valence-corrected chi connectivity index (χ0v) is 16.0. The van der Waals surface area contributed by atoms with Gasteiger partial charge in [0.2, 0.25) is 5.91 Å². The van der Waals surface area contributed by atoms with Gasteiger partial charge in [-0.1, -0.05) is 43.8 Å². The Balaban J connectivity index is 1.53. The van der Waals surface area contributed by atoms with Crippen molar-refractivity contribution in [3.63, 3.8) is 0 Å². The summed E-state index contributed by atoms with van der Waals surface area (Å²) in [5.74, 6) is 0.550. The fraction of sp³-hybridized carbons (Fsp3) is 0.421. The van der Waals surface area contributed by atoms with Crippen LogP contribution in [0.1, 0.15) is 25.5 Å². The Morgan fingerprint density at radius 2 is 1.88 bits per heavy atom. The third kappa shape index (κ3) is 4.66. The lowest BCUT2D eigenvalue weighted by Gasteiger charge is -2.36. The summed E-state index contributed by atoms with van der Waals surface area (Å²) in [7, 11) is 0. The number of hydrogen-bond acceptors (Lipinski definition) is 5. The van der Waals surface area contributed by atoms with Crippen LogP contribution in [0.2, 0.25) is 0 Å². The Hall–Kier alpha value is -2.28. The fourth-order valence-electron chi connectivity index (χ4n) is 2.89. The number of H-pyrrole nitrogens is 1. The van der Waals surface area contributed by atoms with Gasteiger partial charge in [0.25, 0.3) is 5.56 Å². The number of amides is 1. The lowest BCUT2D eigenvalue weighted by molar-refractivity contribution is -0.128. The van der Waals surface area contributed by atoms with Crippen LogP contribution >= 0.6 is 11.8 Å². The zero-order chi connectivity index (χ0) is 18.5. The van der Waals surface area contributed by atoms with Crippen molar-refractivity contribution in [2.45, 2.75) is 24.9 Å². The molecule has 0 radical (unpaired) electrons. The molecule has 2 heterocycles. The van der Waals surface area contributed by atoms with E-state index >= 15 is 0 Å². The molecule has 1 aromatic heterocycles. The Morgan fingerprint density at radius 1 is 1.19 bits per heavy atom. The molecule has 1 saturated heterocycles. The number of carbonyl (C=O) groups excluding carboxylic acids is 1. The zero-order valence-electron chi connectivity index (χ0n) is 15.1. The number of aromatic nitrogens is 2. The van der Waals surface area contributed by atoms with E-state index in [1.54, 1.807) is 0 Å². The van der Waals surface area contributed by atoms with Crippen LogP contribution < -0.4 is 10.5 Å². The highest BCUT2D eigenvalue weighted by molar-refractivity contribution is 7.99. The molecule has 0 bridgehead atoms. The maximum absolute atomic E-state index is 12.5. The van der Waals surface area contributed by atoms with E-state index in [-0.39, 0.29) is 23.1 Å². The molecule has 0 atom stereocenters. The largest absolute Gasteiger partial charge is 0.368 e. The first-order valence-corrected chi connectivity index (χ1v) is 9.83. The van der Waals surface area contributed by atoms with Gasteiger partial charge in [-0.25, -0.2) is 4.98 Å². The molecular weight excluding hydrogens is 348 g/mol. The number of thioether (sulfide) groups is 1. The SMILES string of the molecule is CC(C)c1cc(=O)[nH]c(SCC(=O)N2CCN(c3ccccc3)CC2)n1. The Morgan fingerprint density at radius 3 is 2.54 bits per heavy atom. The van der Waals surface area contributed by atoms with Gasteiger partial charge in [-0.15, -0.1) is 0 Å². The van der Waals surface area contributed by atoms with Crippen LogP contribution in [0, 0.1) is 0 Å². The summed E-state index contributed by atoms with van der Waals surface area (Å²) in [6, 6.07) is 11.8. The van der Waals surface area contributed by atoms with Crippen molar-refractivity contribution >= 4 is 23.4 Å². The van der Waals surface area contributed by atoms with E-state index in [0.29, 0.717) is 18.2 Å². The number of nitrogens with zero attached hydrogens (tertiary/aromatic N) is 3. The van der Waals surface area contributed by atoms with Crippen molar-refractivity contribution in [3.05, 3.63) is 52.4 Å². The molecular formula is C19H24N4O2S. The maximum Gasteiger partial charge on any atom is 0.251 e. The normalized spacial score (nSPS) is 14.7. The molecule has 26 heavy (non-hydrogen) atoms. The number of carbonyl (C=O) groups is 1. The molecule has 1 amide bonds. The molecule has 1 N–H and O–H groups in total. The van der Waals surface area contributed by atoms with E-state index in [4.69, 9.17) is 0 Å². The van der Waals surface area contributed by atoms with Crippen molar-refractivity contribution in [2.75, 3.05) is 36.8 Å². The molecule has 0 saturated carbocycles. The van der Waals surface area contributed by atoms with E-state index in [1.165, 1.54) is 23.5 Å². The Bertz CT molecular complexity index is 799. The summed E-state index contributed by atoms with van der Waals surface area (Å²) >= 11 is 1.29. The van der Waals surface area contributed by atoms with Gasteiger partial charge in [0.05, 0.1) is 11.4 Å². The summed E-state index contributed by atoms with van der Waals surface area (Å²) in [5, 5.41) is 0.512. The molecule has 1 aromatic carbocycles. The minimum Gasteiger partial charge on any atom is -0.368 e. The molecule has 2 aromatic rings. The van der Waals surface area contributed by atoms with Crippen LogP contribution in [0.15, 0.2) is 46.3 Å². The smallest absolute Gasteiger partial charge is 0.251 e. The van der Waals surface area contributed by atoms with Gasteiger partial charge in [-0.2, -0.15) is 0 Å². The van der Waals surface area contributed by atoms with Crippen molar-refractivity contribution in [1.29, 1.82) is 0 Å². The fourth-order valence-corrected chi connectivity index (χ4v) is 3.68. The van der Waals surface area contributed by atoms with Gasteiger partial charge in [0, 0.05) is 37.9 Å². The molecule has 0 unspecified atom stereocenters. The highest BCUT2D eigenvalue weighted by Gasteiger charge is 2.21. The summed E-state index contributed by atoms with van der Waals surface area (Å²) in [6.07, 6.45) is 0. The van der Waals surface area contributed by atoms with Crippen molar-refractivity contribution in [3.8, 4) is 0 Å². The molecule has 0 aliphatic carbocycles. The van der Waals surface area contributed by atoms with Gasteiger partial charge in [0.15, 0.2) is 5.16 Å². The van der Waals surface area contributed by atoms with E-state index in [0.717, 1.165) is 18.8 Å². The first kappa shape index (κ1) is 18.5. The predicted octanol–water partition coefficient (Wildman–Crippen LogP) is 2.33. The molecule has 0 spiro atoms. The van der Waals surface area contributed by atoms with Crippen LogP contribution in [0.5, 0.6) is 0 Å². The molecule has 1 aliphatic heterocycles. The first-order valence-electron chi connectivity index (χ1n) is 8.85. The summed E-state index contributed by atoms with van der Waals surface area (Å²) in [4.78, 5) is 35.5. The number of rotatable bonds is 5. The van der Waals surface area contributed by atoms with Gasteiger partial charge in [0.1, 0.15) is 0 Å². The number of para-hydroxylation sites is 1. The molecule has 3 rings (SSSR count). The highest BCUT2D eigenvalue weighted by Crippen LogP contribution is 2.18.